The maximum atomic E-state index is 13.1. The van der Waals surface area contributed by atoms with Gasteiger partial charge in [-0.1, -0.05) is 24.3 Å². The van der Waals surface area contributed by atoms with Crippen molar-refractivity contribution in [1.29, 1.82) is 0 Å². The molecule has 120 valence electrons. The van der Waals surface area contributed by atoms with Crippen LogP contribution in [0.15, 0.2) is 53.5 Å². The normalized spacial score (nSPS) is 13.8. The fraction of sp³-hybridized carbons (Fsp3) is 0.278. The van der Waals surface area contributed by atoms with Gasteiger partial charge in [-0.15, -0.1) is 0 Å². The van der Waals surface area contributed by atoms with Gasteiger partial charge >= 0.3 is 0 Å². The van der Waals surface area contributed by atoms with Gasteiger partial charge < -0.3 is 15.0 Å². The highest BCUT2D eigenvalue weighted by Gasteiger charge is 2.11. The zero-order chi connectivity index (χ0) is 16.1. The number of guanidine groups is 1. The van der Waals surface area contributed by atoms with Gasteiger partial charge in [0.25, 0.3) is 0 Å². The molecule has 0 amide bonds. The van der Waals surface area contributed by atoms with Crippen LogP contribution in [0, 0.1) is 5.82 Å². The smallest absolute Gasteiger partial charge is 0.194 e. The molecule has 0 bridgehead atoms. The van der Waals surface area contributed by atoms with Crippen LogP contribution in [0.5, 0.6) is 5.75 Å². The predicted octanol–water partition coefficient (Wildman–Crippen LogP) is 2.80. The molecule has 1 aliphatic rings. The van der Waals surface area contributed by atoms with Crippen LogP contribution in [0.4, 0.5) is 4.39 Å². The Balaban J connectivity index is 1.51. The number of likely N-dealkylation sites (N-methyl/N-ethyl adjacent to an activating group) is 1. The molecule has 1 heterocycles. The SMILES string of the molecule is CN1CCN=C1NCc1ccc(OCc2cccc(F)c2)cc1. The minimum Gasteiger partial charge on any atom is -0.489 e. The molecule has 0 saturated heterocycles. The average molecular weight is 313 g/mol. The Hall–Kier alpha value is -2.56. The van der Waals surface area contributed by atoms with E-state index in [0.29, 0.717) is 6.61 Å². The van der Waals surface area contributed by atoms with Crippen LogP contribution in [-0.2, 0) is 13.2 Å². The molecule has 0 fully saturated rings. The van der Waals surface area contributed by atoms with Gasteiger partial charge in [0.1, 0.15) is 18.2 Å². The summed E-state index contributed by atoms with van der Waals surface area (Å²) in [5.74, 6) is 1.47. The summed E-state index contributed by atoms with van der Waals surface area (Å²) < 4.78 is 18.8. The van der Waals surface area contributed by atoms with Crippen molar-refractivity contribution in [3.63, 3.8) is 0 Å². The van der Waals surface area contributed by atoms with E-state index in [4.69, 9.17) is 4.74 Å². The van der Waals surface area contributed by atoms with E-state index in [0.717, 1.165) is 42.5 Å². The molecule has 2 aromatic carbocycles. The highest BCUT2D eigenvalue weighted by Crippen LogP contribution is 2.15. The zero-order valence-corrected chi connectivity index (χ0v) is 13.1. The van der Waals surface area contributed by atoms with Crippen molar-refractivity contribution >= 4 is 5.96 Å². The number of aliphatic imine (C=N–C) groups is 1. The topological polar surface area (TPSA) is 36.9 Å². The molecule has 0 spiro atoms. The summed E-state index contributed by atoms with van der Waals surface area (Å²) in [5, 5.41) is 3.32. The number of rotatable bonds is 5. The van der Waals surface area contributed by atoms with Gasteiger partial charge in [0.15, 0.2) is 5.96 Å². The van der Waals surface area contributed by atoms with Crippen molar-refractivity contribution < 1.29 is 9.13 Å². The van der Waals surface area contributed by atoms with Crippen LogP contribution >= 0.6 is 0 Å². The minimum absolute atomic E-state index is 0.243. The molecule has 0 aromatic heterocycles. The second-order valence-corrected chi connectivity index (χ2v) is 5.54. The number of nitrogens with zero attached hydrogens (tertiary/aromatic N) is 2. The summed E-state index contributed by atoms with van der Waals surface area (Å²) in [6, 6.07) is 14.3. The minimum atomic E-state index is -0.243. The number of hydrogen-bond acceptors (Lipinski definition) is 4. The lowest BCUT2D eigenvalue weighted by atomic mass is 10.2. The van der Waals surface area contributed by atoms with Gasteiger partial charge in [-0.25, -0.2) is 4.39 Å². The van der Waals surface area contributed by atoms with Crippen molar-refractivity contribution in [2.24, 2.45) is 4.99 Å². The molecule has 0 aliphatic carbocycles. The summed E-state index contributed by atoms with van der Waals surface area (Å²) in [6.45, 7) is 2.91. The number of halogens is 1. The maximum absolute atomic E-state index is 13.1. The van der Waals surface area contributed by atoms with E-state index in [1.807, 2.05) is 37.4 Å². The molecular weight excluding hydrogens is 293 g/mol. The predicted molar refractivity (Wildman–Crippen MR) is 88.9 cm³/mol. The van der Waals surface area contributed by atoms with E-state index < -0.39 is 0 Å². The standard InChI is InChI=1S/C18H20FN3O/c1-22-10-9-20-18(22)21-12-14-5-7-17(8-6-14)23-13-15-3-2-4-16(19)11-15/h2-8,11H,9-10,12-13H2,1H3,(H,20,21). The summed E-state index contributed by atoms with van der Waals surface area (Å²) in [4.78, 5) is 6.50. The first kappa shape index (κ1) is 15.3. The Kier molecular flexibility index (Phi) is 4.76. The Morgan fingerprint density at radius 1 is 1.17 bits per heavy atom. The van der Waals surface area contributed by atoms with Crippen molar-refractivity contribution in [2.45, 2.75) is 13.2 Å². The quantitative estimate of drug-likeness (QED) is 0.922. The Labute approximate surface area is 135 Å². The van der Waals surface area contributed by atoms with E-state index in [1.54, 1.807) is 6.07 Å². The lowest BCUT2D eigenvalue weighted by Crippen LogP contribution is -2.35. The highest BCUT2D eigenvalue weighted by molar-refractivity contribution is 5.81. The Bertz CT molecular complexity index is 685. The van der Waals surface area contributed by atoms with Crippen LogP contribution in [0.3, 0.4) is 0 Å². The molecule has 0 atom stereocenters. The Morgan fingerprint density at radius 2 is 2.00 bits per heavy atom. The Morgan fingerprint density at radius 3 is 2.70 bits per heavy atom. The van der Waals surface area contributed by atoms with Gasteiger partial charge in [0, 0.05) is 20.1 Å². The van der Waals surface area contributed by atoms with Gasteiger partial charge in [0.2, 0.25) is 0 Å². The van der Waals surface area contributed by atoms with Crippen molar-refractivity contribution in [3.8, 4) is 5.75 Å². The van der Waals surface area contributed by atoms with Crippen LogP contribution in [0.2, 0.25) is 0 Å². The molecule has 23 heavy (non-hydrogen) atoms. The highest BCUT2D eigenvalue weighted by atomic mass is 19.1. The number of ether oxygens (including phenoxy) is 1. The molecule has 5 heteroatoms. The van der Waals surface area contributed by atoms with E-state index in [2.05, 4.69) is 15.2 Å². The first-order chi connectivity index (χ1) is 11.2. The lowest BCUT2D eigenvalue weighted by molar-refractivity contribution is 0.305. The summed E-state index contributed by atoms with van der Waals surface area (Å²) >= 11 is 0. The number of hydrogen-bond donors (Lipinski definition) is 1. The first-order valence-corrected chi connectivity index (χ1v) is 7.66. The summed E-state index contributed by atoms with van der Waals surface area (Å²) in [6.07, 6.45) is 0. The molecule has 1 N–H and O–H groups in total. The largest absolute Gasteiger partial charge is 0.489 e. The summed E-state index contributed by atoms with van der Waals surface area (Å²) in [7, 11) is 2.03. The van der Waals surface area contributed by atoms with Gasteiger partial charge in [0.05, 0.1) is 6.54 Å². The second-order valence-electron chi connectivity index (χ2n) is 5.54. The molecule has 4 nitrogen and oxygen atoms in total. The molecule has 2 aromatic rings. The van der Waals surface area contributed by atoms with E-state index in [1.165, 1.54) is 12.1 Å². The third-order valence-corrected chi connectivity index (χ3v) is 3.73. The number of benzene rings is 2. The monoisotopic (exact) mass is 313 g/mol. The van der Waals surface area contributed by atoms with Gasteiger partial charge in [-0.05, 0) is 35.4 Å². The van der Waals surface area contributed by atoms with Crippen LogP contribution < -0.4 is 10.1 Å². The lowest BCUT2D eigenvalue weighted by Gasteiger charge is -2.15. The molecular formula is C18H20FN3O. The average Bonchev–Trinajstić information content (AvgIpc) is 2.97. The van der Waals surface area contributed by atoms with E-state index in [-0.39, 0.29) is 5.82 Å². The van der Waals surface area contributed by atoms with Crippen molar-refractivity contribution in [3.05, 3.63) is 65.5 Å². The molecule has 0 radical (unpaired) electrons. The first-order valence-electron chi connectivity index (χ1n) is 7.66. The fourth-order valence-electron chi connectivity index (χ4n) is 2.40. The second kappa shape index (κ2) is 7.13. The van der Waals surface area contributed by atoms with Crippen molar-refractivity contribution in [1.82, 2.24) is 10.2 Å². The molecule has 3 rings (SSSR count). The summed E-state index contributed by atoms with van der Waals surface area (Å²) in [5.41, 5.74) is 1.98. The van der Waals surface area contributed by atoms with Gasteiger partial charge in [-0.3, -0.25) is 4.99 Å². The van der Waals surface area contributed by atoms with E-state index >= 15 is 0 Å². The third kappa shape index (κ3) is 4.22. The van der Waals surface area contributed by atoms with Crippen LogP contribution in [0.1, 0.15) is 11.1 Å². The van der Waals surface area contributed by atoms with Crippen molar-refractivity contribution in [2.75, 3.05) is 20.1 Å². The molecule has 1 aliphatic heterocycles. The molecule has 0 saturated carbocycles. The van der Waals surface area contributed by atoms with Crippen LogP contribution in [-0.4, -0.2) is 31.0 Å². The van der Waals surface area contributed by atoms with E-state index in [9.17, 15) is 4.39 Å². The fourth-order valence-corrected chi connectivity index (χ4v) is 2.40. The van der Waals surface area contributed by atoms with Crippen LogP contribution in [0.25, 0.3) is 0 Å². The molecule has 0 unspecified atom stereocenters. The third-order valence-electron chi connectivity index (χ3n) is 3.73. The zero-order valence-electron chi connectivity index (χ0n) is 13.1. The number of nitrogens with one attached hydrogen (secondary N) is 1. The van der Waals surface area contributed by atoms with Gasteiger partial charge in [-0.2, -0.15) is 0 Å². The maximum Gasteiger partial charge on any atom is 0.194 e.